The van der Waals surface area contributed by atoms with Gasteiger partial charge in [0.15, 0.2) is 0 Å². The molecule has 2 aliphatic carbocycles. The average Bonchev–Trinajstić information content (AvgIpc) is 2.82. The lowest BCUT2D eigenvalue weighted by molar-refractivity contribution is -0.127. The highest BCUT2D eigenvalue weighted by Gasteiger charge is 2.62. The van der Waals surface area contributed by atoms with Crippen LogP contribution in [0, 0.1) is 16.7 Å². The van der Waals surface area contributed by atoms with Crippen LogP contribution in [0.4, 0.5) is 0 Å². The van der Waals surface area contributed by atoms with Crippen molar-refractivity contribution in [1.29, 1.82) is 0 Å². The molecule has 3 unspecified atom stereocenters. The molecular formula is C18H20O3. The first kappa shape index (κ1) is 12.9. The summed E-state index contributed by atoms with van der Waals surface area (Å²) in [6.07, 6.45) is 7.31. The summed E-state index contributed by atoms with van der Waals surface area (Å²) in [4.78, 5) is 12.3. The number of rotatable bonds is 2. The third kappa shape index (κ3) is 1.63. The molecule has 21 heavy (non-hydrogen) atoms. The van der Waals surface area contributed by atoms with Crippen LogP contribution in [0.25, 0.3) is 6.08 Å². The first-order chi connectivity index (χ1) is 10.0. The van der Waals surface area contributed by atoms with E-state index >= 15 is 0 Å². The van der Waals surface area contributed by atoms with Crippen LogP contribution in [-0.4, -0.2) is 12.6 Å². The van der Waals surface area contributed by atoms with Gasteiger partial charge in [0, 0.05) is 28.9 Å². The van der Waals surface area contributed by atoms with Gasteiger partial charge in [-0.2, -0.15) is 0 Å². The predicted molar refractivity (Wildman–Crippen MR) is 80.2 cm³/mol. The highest BCUT2D eigenvalue weighted by Crippen LogP contribution is 2.64. The largest absolute Gasteiger partial charge is 0.457 e. The van der Waals surface area contributed by atoms with Crippen molar-refractivity contribution in [3.63, 3.8) is 0 Å². The van der Waals surface area contributed by atoms with E-state index in [1.165, 1.54) is 6.42 Å². The SMILES string of the molecule is CC12CCC(CC1=O)C2(C)/C=C/c1ccc2cc1OCO2. The second-order valence-corrected chi connectivity index (χ2v) is 6.92. The topological polar surface area (TPSA) is 35.5 Å². The molecule has 0 aromatic heterocycles. The van der Waals surface area contributed by atoms with Gasteiger partial charge in [-0.25, -0.2) is 0 Å². The zero-order valence-electron chi connectivity index (χ0n) is 12.5. The Morgan fingerprint density at radius 1 is 1.29 bits per heavy atom. The minimum Gasteiger partial charge on any atom is -0.457 e. The fraction of sp³-hybridized carbons (Fsp3) is 0.500. The molecule has 1 aromatic rings. The summed E-state index contributed by atoms with van der Waals surface area (Å²) in [6.45, 7) is 4.67. The molecule has 3 aliphatic rings. The number of carbonyl (C=O) groups excluding carboxylic acids is 1. The maximum Gasteiger partial charge on any atom is 0.230 e. The van der Waals surface area contributed by atoms with Crippen molar-refractivity contribution in [2.24, 2.45) is 16.7 Å². The summed E-state index contributed by atoms with van der Waals surface area (Å²) >= 11 is 0. The summed E-state index contributed by atoms with van der Waals surface area (Å²) < 4.78 is 10.9. The van der Waals surface area contributed by atoms with Gasteiger partial charge in [0.25, 0.3) is 0 Å². The molecule has 4 bridgehead atoms. The number of fused-ring (bicyclic) bond motifs is 4. The Hall–Kier alpha value is -1.77. The number of hydrogen-bond acceptors (Lipinski definition) is 3. The van der Waals surface area contributed by atoms with Crippen LogP contribution >= 0.6 is 0 Å². The molecule has 1 aliphatic heterocycles. The molecule has 1 aromatic carbocycles. The lowest BCUT2D eigenvalue weighted by atomic mass is 9.68. The second kappa shape index (κ2) is 4.12. The fourth-order valence-corrected chi connectivity index (χ4v) is 4.30. The Kier molecular flexibility index (Phi) is 2.54. The van der Waals surface area contributed by atoms with Gasteiger partial charge in [-0.3, -0.25) is 4.79 Å². The first-order valence-electron chi connectivity index (χ1n) is 7.65. The van der Waals surface area contributed by atoms with Gasteiger partial charge >= 0.3 is 0 Å². The van der Waals surface area contributed by atoms with Crippen LogP contribution in [-0.2, 0) is 4.79 Å². The molecule has 2 saturated carbocycles. The molecule has 2 fully saturated rings. The van der Waals surface area contributed by atoms with Gasteiger partial charge in [-0.05, 0) is 30.9 Å². The van der Waals surface area contributed by atoms with Crippen molar-refractivity contribution in [3.8, 4) is 11.5 Å². The van der Waals surface area contributed by atoms with E-state index in [1.807, 2.05) is 18.2 Å². The molecule has 0 amide bonds. The van der Waals surface area contributed by atoms with Crippen molar-refractivity contribution in [2.75, 3.05) is 6.79 Å². The van der Waals surface area contributed by atoms with Gasteiger partial charge in [-0.15, -0.1) is 0 Å². The Morgan fingerprint density at radius 2 is 2.14 bits per heavy atom. The molecule has 0 radical (unpaired) electrons. The van der Waals surface area contributed by atoms with Crippen LogP contribution in [0.3, 0.4) is 0 Å². The normalized spacial score (nSPS) is 36.9. The molecule has 0 saturated heterocycles. The van der Waals surface area contributed by atoms with E-state index in [2.05, 4.69) is 26.0 Å². The van der Waals surface area contributed by atoms with E-state index < -0.39 is 0 Å². The van der Waals surface area contributed by atoms with E-state index in [0.717, 1.165) is 29.9 Å². The van der Waals surface area contributed by atoms with Crippen molar-refractivity contribution in [1.82, 2.24) is 0 Å². The fourth-order valence-electron chi connectivity index (χ4n) is 4.30. The van der Waals surface area contributed by atoms with Crippen molar-refractivity contribution < 1.29 is 14.3 Å². The Bertz CT molecular complexity index is 648. The number of allylic oxidation sites excluding steroid dienone is 1. The highest BCUT2D eigenvalue weighted by molar-refractivity contribution is 5.90. The third-order valence-corrected chi connectivity index (χ3v) is 6.11. The maximum atomic E-state index is 12.3. The van der Waals surface area contributed by atoms with Crippen molar-refractivity contribution >= 4 is 11.9 Å². The number of ether oxygens (including phenoxy) is 2. The number of carbonyl (C=O) groups is 1. The minimum absolute atomic E-state index is 0.0271. The summed E-state index contributed by atoms with van der Waals surface area (Å²) in [5.41, 5.74) is 0.848. The summed E-state index contributed by atoms with van der Waals surface area (Å²) in [6, 6.07) is 5.90. The number of hydrogen-bond donors (Lipinski definition) is 0. The lowest BCUT2D eigenvalue weighted by Crippen LogP contribution is -2.33. The standard InChI is InChI=1S/C18H20O3/c1-17(13-6-8-18(17,2)16(19)9-13)7-5-12-3-4-14-10-15(12)21-11-20-14/h3-5,7,10,13H,6,8-9,11H2,1-2H3/b7-5+. The Morgan fingerprint density at radius 3 is 2.86 bits per heavy atom. The van der Waals surface area contributed by atoms with Crippen molar-refractivity contribution in [3.05, 3.63) is 29.8 Å². The van der Waals surface area contributed by atoms with E-state index in [9.17, 15) is 4.79 Å². The Labute approximate surface area is 124 Å². The highest BCUT2D eigenvalue weighted by atomic mass is 16.7. The molecule has 3 heteroatoms. The van der Waals surface area contributed by atoms with Gasteiger partial charge < -0.3 is 9.47 Å². The molecule has 4 rings (SSSR count). The van der Waals surface area contributed by atoms with E-state index in [1.54, 1.807) is 0 Å². The molecular weight excluding hydrogens is 264 g/mol. The van der Waals surface area contributed by atoms with E-state index in [0.29, 0.717) is 11.7 Å². The first-order valence-corrected chi connectivity index (χ1v) is 7.65. The lowest BCUT2D eigenvalue weighted by Gasteiger charge is -2.34. The van der Waals surface area contributed by atoms with E-state index in [-0.39, 0.29) is 17.6 Å². The molecule has 0 spiro atoms. The summed E-state index contributed by atoms with van der Waals surface area (Å²) in [5.74, 6) is 2.64. The molecule has 3 atom stereocenters. The maximum absolute atomic E-state index is 12.3. The molecule has 110 valence electrons. The molecule has 0 N–H and O–H groups in total. The zero-order valence-corrected chi connectivity index (χ0v) is 12.5. The quantitative estimate of drug-likeness (QED) is 0.828. The smallest absolute Gasteiger partial charge is 0.230 e. The van der Waals surface area contributed by atoms with E-state index in [4.69, 9.17) is 9.47 Å². The summed E-state index contributed by atoms with van der Waals surface area (Å²) in [7, 11) is 0. The van der Waals surface area contributed by atoms with Crippen LogP contribution in [0.5, 0.6) is 11.5 Å². The zero-order chi connectivity index (χ0) is 14.7. The summed E-state index contributed by atoms with van der Waals surface area (Å²) in [5, 5.41) is 0. The second-order valence-electron chi connectivity index (χ2n) is 6.92. The number of ketones is 1. The Balaban J connectivity index is 1.69. The number of benzene rings is 1. The van der Waals surface area contributed by atoms with Gasteiger partial charge in [0.1, 0.15) is 17.3 Å². The van der Waals surface area contributed by atoms with Crippen LogP contribution < -0.4 is 9.47 Å². The van der Waals surface area contributed by atoms with Crippen LogP contribution in [0.2, 0.25) is 0 Å². The van der Waals surface area contributed by atoms with Gasteiger partial charge in [0.2, 0.25) is 6.79 Å². The predicted octanol–water partition coefficient (Wildman–Crippen LogP) is 3.82. The van der Waals surface area contributed by atoms with Gasteiger partial charge in [-0.1, -0.05) is 26.0 Å². The minimum atomic E-state index is -0.185. The van der Waals surface area contributed by atoms with Gasteiger partial charge in [0.05, 0.1) is 0 Å². The molecule has 1 heterocycles. The van der Waals surface area contributed by atoms with Crippen molar-refractivity contribution in [2.45, 2.75) is 33.1 Å². The third-order valence-electron chi connectivity index (χ3n) is 6.11. The monoisotopic (exact) mass is 284 g/mol. The number of Topliss-reactive ketones (excluding diaryl/α,β-unsaturated/α-hetero) is 1. The van der Waals surface area contributed by atoms with Crippen LogP contribution in [0.15, 0.2) is 24.3 Å². The molecule has 3 nitrogen and oxygen atoms in total. The average molecular weight is 284 g/mol. The van der Waals surface area contributed by atoms with Crippen LogP contribution in [0.1, 0.15) is 38.7 Å².